The minimum atomic E-state index is -3.96. The van der Waals surface area contributed by atoms with E-state index in [1.54, 1.807) is 0 Å². The maximum Gasteiger partial charge on any atom is 0.242 e. The van der Waals surface area contributed by atoms with Crippen molar-refractivity contribution < 1.29 is 17.2 Å². The van der Waals surface area contributed by atoms with Crippen molar-refractivity contribution in [2.45, 2.75) is 11.4 Å². The molecule has 0 amide bonds. The molecular formula is C13H11ClF2N2O2S. The maximum absolute atomic E-state index is 13.4. The van der Waals surface area contributed by atoms with Crippen LogP contribution in [0, 0.1) is 11.6 Å². The number of anilines is 1. The molecule has 4 nitrogen and oxygen atoms in total. The molecule has 0 radical (unpaired) electrons. The molecule has 0 spiro atoms. The lowest BCUT2D eigenvalue weighted by Crippen LogP contribution is -2.24. The molecule has 0 aliphatic rings. The Morgan fingerprint density at radius 1 is 1.14 bits per heavy atom. The van der Waals surface area contributed by atoms with Gasteiger partial charge in [0.25, 0.3) is 0 Å². The van der Waals surface area contributed by atoms with Crippen LogP contribution >= 0.6 is 11.6 Å². The lowest BCUT2D eigenvalue weighted by molar-refractivity contribution is 0.567. The molecule has 3 N–H and O–H groups in total. The minimum Gasteiger partial charge on any atom is -0.399 e. The molecule has 0 fully saturated rings. The molecule has 0 atom stereocenters. The number of benzene rings is 2. The van der Waals surface area contributed by atoms with Gasteiger partial charge in [-0.2, -0.15) is 0 Å². The van der Waals surface area contributed by atoms with Gasteiger partial charge in [0, 0.05) is 17.8 Å². The van der Waals surface area contributed by atoms with Gasteiger partial charge in [-0.1, -0.05) is 11.6 Å². The van der Waals surface area contributed by atoms with Crippen LogP contribution in [0.25, 0.3) is 0 Å². The normalized spacial score (nSPS) is 11.6. The fraction of sp³-hybridized carbons (Fsp3) is 0.0769. The molecular weight excluding hydrogens is 322 g/mol. The molecule has 0 saturated heterocycles. The van der Waals surface area contributed by atoms with Crippen LogP contribution in [-0.2, 0) is 16.6 Å². The number of nitrogens with one attached hydrogen (secondary N) is 1. The highest BCUT2D eigenvalue weighted by molar-refractivity contribution is 7.89. The van der Waals surface area contributed by atoms with Gasteiger partial charge in [0.2, 0.25) is 10.0 Å². The number of hydrogen-bond donors (Lipinski definition) is 2. The topological polar surface area (TPSA) is 72.2 Å². The highest BCUT2D eigenvalue weighted by atomic mass is 35.5. The predicted octanol–water partition coefficient (Wildman–Crippen LogP) is 2.68. The molecule has 21 heavy (non-hydrogen) atoms. The molecule has 112 valence electrons. The minimum absolute atomic E-state index is 0.0535. The molecule has 0 heterocycles. The Morgan fingerprint density at radius 3 is 2.52 bits per heavy atom. The van der Waals surface area contributed by atoms with E-state index in [0.29, 0.717) is 5.69 Å². The lowest BCUT2D eigenvalue weighted by Gasteiger charge is -2.09. The van der Waals surface area contributed by atoms with Gasteiger partial charge in [-0.15, -0.1) is 0 Å². The number of halogens is 3. The SMILES string of the molecule is Nc1ccc(S(=O)(=O)NCc2cc(F)ccc2F)c(Cl)c1. The molecule has 8 heteroatoms. The van der Waals surface area contributed by atoms with E-state index < -0.39 is 28.2 Å². The second kappa shape index (κ2) is 5.97. The summed E-state index contributed by atoms with van der Waals surface area (Å²) in [5, 5.41) is -0.0535. The number of hydrogen-bond acceptors (Lipinski definition) is 3. The summed E-state index contributed by atoms with van der Waals surface area (Å²) in [4.78, 5) is -0.185. The third kappa shape index (κ3) is 3.69. The predicted molar refractivity (Wildman–Crippen MR) is 76.2 cm³/mol. The monoisotopic (exact) mass is 332 g/mol. The summed E-state index contributed by atoms with van der Waals surface area (Å²) < 4.78 is 52.8. The summed E-state index contributed by atoms with van der Waals surface area (Å²) >= 11 is 5.82. The van der Waals surface area contributed by atoms with Crippen molar-refractivity contribution in [2.24, 2.45) is 0 Å². The van der Waals surface area contributed by atoms with Gasteiger partial charge in [-0.05, 0) is 36.4 Å². The third-order valence-electron chi connectivity index (χ3n) is 2.71. The van der Waals surface area contributed by atoms with E-state index in [1.165, 1.54) is 18.2 Å². The van der Waals surface area contributed by atoms with E-state index in [9.17, 15) is 17.2 Å². The van der Waals surface area contributed by atoms with Crippen molar-refractivity contribution in [3.63, 3.8) is 0 Å². The highest BCUT2D eigenvalue weighted by Crippen LogP contribution is 2.23. The standard InChI is InChI=1S/C13H11ClF2N2O2S/c14-11-6-10(17)2-4-13(11)21(19,20)18-7-8-5-9(15)1-3-12(8)16/h1-6,18H,7,17H2. The maximum atomic E-state index is 13.4. The Morgan fingerprint density at radius 2 is 1.86 bits per heavy atom. The summed E-state index contributed by atoms with van der Waals surface area (Å²) in [5.41, 5.74) is 5.69. The zero-order chi connectivity index (χ0) is 15.6. The van der Waals surface area contributed by atoms with E-state index in [4.69, 9.17) is 17.3 Å². The molecule has 0 unspecified atom stereocenters. The van der Waals surface area contributed by atoms with Crippen LogP contribution < -0.4 is 10.5 Å². The average molecular weight is 333 g/mol. The fourth-order valence-electron chi connectivity index (χ4n) is 1.66. The number of rotatable bonds is 4. The molecule has 2 rings (SSSR count). The molecule has 0 bridgehead atoms. The molecule has 0 saturated carbocycles. The Labute approximate surface area is 125 Å². The van der Waals surface area contributed by atoms with Crippen molar-refractivity contribution in [3.8, 4) is 0 Å². The second-order valence-corrected chi connectivity index (χ2v) is 6.39. The van der Waals surface area contributed by atoms with Crippen LogP contribution in [0.3, 0.4) is 0 Å². The van der Waals surface area contributed by atoms with Crippen LogP contribution in [-0.4, -0.2) is 8.42 Å². The molecule has 0 aromatic heterocycles. The first-order valence-electron chi connectivity index (χ1n) is 5.78. The molecule has 2 aromatic carbocycles. The van der Waals surface area contributed by atoms with Crippen LogP contribution in [0.1, 0.15) is 5.56 Å². The van der Waals surface area contributed by atoms with E-state index in [2.05, 4.69) is 4.72 Å². The highest BCUT2D eigenvalue weighted by Gasteiger charge is 2.18. The first kappa shape index (κ1) is 15.7. The zero-order valence-corrected chi connectivity index (χ0v) is 12.2. The van der Waals surface area contributed by atoms with Crippen molar-refractivity contribution >= 4 is 27.3 Å². The van der Waals surface area contributed by atoms with Gasteiger partial charge < -0.3 is 5.73 Å². The van der Waals surface area contributed by atoms with Crippen LogP contribution in [0.4, 0.5) is 14.5 Å². The largest absolute Gasteiger partial charge is 0.399 e. The quantitative estimate of drug-likeness (QED) is 0.845. The van der Waals surface area contributed by atoms with Gasteiger partial charge in [0.1, 0.15) is 16.5 Å². The number of sulfonamides is 1. The van der Waals surface area contributed by atoms with Gasteiger partial charge in [0.15, 0.2) is 0 Å². The van der Waals surface area contributed by atoms with Gasteiger partial charge in [0.05, 0.1) is 5.02 Å². The Kier molecular flexibility index (Phi) is 4.46. The molecule has 0 aliphatic carbocycles. The van der Waals surface area contributed by atoms with Gasteiger partial charge in [-0.3, -0.25) is 0 Å². The second-order valence-electron chi connectivity index (χ2n) is 4.25. The summed E-state index contributed by atoms with van der Waals surface area (Å²) in [6.45, 7) is -0.396. The number of nitrogen functional groups attached to an aromatic ring is 1. The average Bonchev–Trinajstić information content (AvgIpc) is 2.39. The Balaban J connectivity index is 2.24. The lowest BCUT2D eigenvalue weighted by atomic mass is 10.2. The van der Waals surface area contributed by atoms with Crippen molar-refractivity contribution in [3.05, 3.63) is 58.6 Å². The smallest absolute Gasteiger partial charge is 0.242 e. The Bertz CT molecular complexity index is 782. The Hall–Kier alpha value is -1.70. The van der Waals surface area contributed by atoms with E-state index in [0.717, 1.165) is 18.2 Å². The first-order valence-corrected chi connectivity index (χ1v) is 7.64. The fourth-order valence-corrected chi connectivity index (χ4v) is 3.22. The summed E-state index contributed by atoms with van der Waals surface area (Å²) in [6, 6.07) is 6.70. The van der Waals surface area contributed by atoms with E-state index >= 15 is 0 Å². The molecule has 2 aromatic rings. The third-order valence-corrected chi connectivity index (χ3v) is 4.59. The molecule has 0 aliphatic heterocycles. The zero-order valence-electron chi connectivity index (χ0n) is 10.6. The van der Waals surface area contributed by atoms with Gasteiger partial charge in [-0.25, -0.2) is 21.9 Å². The first-order chi connectivity index (χ1) is 9.79. The van der Waals surface area contributed by atoms with Crippen molar-refractivity contribution in [1.82, 2.24) is 4.72 Å². The van der Waals surface area contributed by atoms with E-state index in [-0.39, 0.29) is 15.5 Å². The van der Waals surface area contributed by atoms with Gasteiger partial charge >= 0.3 is 0 Å². The van der Waals surface area contributed by atoms with Crippen molar-refractivity contribution in [1.29, 1.82) is 0 Å². The summed E-state index contributed by atoms with van der Waals surface area (Å²) in [5.74, 6) is -1.36. The number of nitrogens with two attached hydrogens (primary N) is 1. The summed E-state index contributed by atoms with van der Waals surface area (Å²) in [7, 11) is -3.96. The van der Waals surface area contributed by atoms with Crippen LogP contribution in [0.15, 0.2) is 41.3 Å². The van der Waals surface area contributed by atoms with Crippen LogP contribution in [0.2, 0.25) is 5.02 Å². The van der Waals surface area contributed by atoms with E-state index in [1.807, 2.05) is 0 Å². The summed E-state index contributed by atoms with van der Waals surface area (Å²) in [6.07, 6.45) is 0. The van der Waals surface area contributed by atoms with Crippen LogP contribution in [0.5, 0.6) is 0 Å². The van der Waals surface area contributed by atoms with Crippen molar-refractivity contribution in [2.75, 3.05) is 5.73 Å².